The number of unbranched alkanes of at least 4 members (excludes halogenated alkanes) is 1. The number of rotatable bonds is 9. The lowest BCUT2D eigenvalue weighted by molar-refractivity contribution is 0.102. The zero-order valence-corrected chi connectivity index (χ0v) is 16.4. The predicted molar refractivity (Wildman–Crippen MR) is 104 cm³/mol. The number of methoxy groups -OCH3 is 2. The third-order valence-corrected chi connectivity index (χ3v) is 5.38. The Morgan fingerprint density at radius 2 is 1.74 bits per heavy atom. The van der Waals surface area contributed by atoms with Gasteiger partial charge >= 0.3 is 0 Å². The van der Waals surface area contributed by atoms with Crippen molar-refractivity contribution in [2.24, 2.45) is 0 Å². The summed E-state index contributed by atoms with van der Waals surface area (Å²) >= 11 is 0. The molecule has 146 valence electrons. The molecule has 27 heavy (non-hydrogen) atoms. The van der Waals surface area contributed by atoms with E-state index in [0.29, 0.717) is 29.3 Å². The van der Waals surface area contributed by atoms with E-state index in [1.165, 1.54) is 26.4 Å². The second kappa shape index (κ2) is 9.38. The van der Waals surface area contributed by atoms with Crippen LogP contribution in [0.3, 0.4) is 0 Å². The molecule has 8 heteroatoms. The second-order valence-electron chi connectivity index (χ2n) is 5.80. The fraction of sp³-hybridized carbons (Fsp3) is 0.316. The molecule has 0 bridgehead atoms. The van der Waals surface area contributed by atoms with Crippen LogP contribution in [0.1, 0.15) is 30.1 Å². The van der Waals surface area contributed by atoms with Gasteiger partial charge in [-0.1, -0.05) is 13.3 Å². The van der Waals surface area contributed by atoms with E-state index < -0.39 is 10.0 Å². The molecular weight excluding hydrogens is 368 g/mol. The molecule has 0 spiro atoms. The zero-order valence-electron chi connectivity index (χ0n) is 15.6. The molecule has 0 fully saturated rings. The molecule has 2 N–H and O–H groups in total. The number of sulfonamides is 1. The van der Waals surface area contributed by atoms with E-state index in [-0.39, 0.29) is 10.8 Å². The maximum absolute atomic E-state index is 12.5. The lowest BCUT2D eigenvalue weighted by atomic mass is 10.1. The van der Waals surface area contributed by atoms with Gasteiger partial charge in [-0.2, -0.15) is 0 Å². The average molecular weight is 392 g/mol. The minimum absolute atomic E-state index is 0.152. The van der Waals surface area contributed by atoms with Crippen LogP contribution in [0.2, 0.25) is 0 Å². The normalized spacial score (nSPS) is 11.1. The van der Waals surface area contributed by atoms with Crippen molar-refractivity contribution in [2.75, 3.05) is 26.1 Å². The van der Waals surface area contributed by atoms with Gasteiger partial charge in [0, 0.05) is 18.3 Å². The van der Waals surface area contributed by atoms with Crippen molar-refractivity contribution in [1.82, 2.24) is 4.72 Å². The molecule has 0 atom stereocenters. The Balaban J connectivity index is 2.11. The first kappa shape index (κ1) is 20.7. The Hall–Kier alpha value is -2.58. The molecule has 1 amide bonds. The van der Waals surface area contributed by atoms with E-state index in [1.54, 1.807) is 30.3 Å². The Bertz CT molecular complexity index is 879. The SMILES string of the molecule is CCCCNS(=O)(=O)c1ccc(NC(=O)c2ccc(OC)cc2OC)cc1. The van der Waals surface area contributed by atoms with Crippen molar-refractivity contribution in [3.63, 3.8) is 0 Å². The highest BCUT2D eigenvalue weighted by molar-refractivity contribution is 7.89. The molecule has 0 aliphatic carbocycles. The van der Waals surface area contributed by atoms with E-state index in [2.05, 4.69) is 10.0 Å². The van der Waals surface area contributed by atoms with E-state index in [9.17, 15) is 13.2 Å². The van der Waals surface area contributed by atoms with Gasteiger partial charge in [-0.3, -0.25) is 4.79 Å². The third kappa shape index (κ3) is 5.45. The molecule has 7 nitrogen and oxygen atoms in total. The summed E-state index contributed by atoms with van der Waals surface area (Å²) < 4.78 is 37.2. The number of hydrogen-bond acceptors (Lipinski definition) is 5. The van der Waals surface area contributed by atoms with E-state index in [0.717, 1.165) is 12.8 Å². The topological polar surface area (TPSA) is 93.7 Å². The number of anilines is 1. The number of benzene rings is 2. The number of hydrogen-bond donors (Lipinski definition) is 2. The molecule has 0 aromatic heterocycles. The van der Waals surface area contributed by atoms with Gasteiger partial charge < -0.3 is 14.8 Å². The monoisotopic (exact) mass is 392 g/mol. The number of nitrogens with one attached hydrogen (secondary N) is 2. The predicted octanol–water partition coefficient (Wildman–Crippen LogP) is 3.03. The highest BCUT2D eigenvalue weighted by Crippen LogP contribution is 2.25. The second-order valence-corrected chi connectivity index (χ2v) is 7.56. The van der Waals surface area contributed by atoms with Crippen LogP contribution in [0.25, 0.3) is 0 Å². The molecule has 0 unspecified atom stereocenters. The van der Waals surface area contributed by atoms with Crippen LogP contribution in [0, 0.1) is 0 Å². The average Bonchev–Trinajstić information content (AvgIpc) is 2.67. The lowest BCUT2D eigenvalue weighted by Crippen LogP contribution is -2.24. The maximum Gasteiger partial charge on any atom is 0.259 e. The van der Waals surface area contributed by atoms with Gasteiger partial charge in [0.25, 0.3) is 5.91 Å². The van der Waals surface area contributed by atoms with Crippen LogP contribution >= 0.6 is 0 Å². The quantitative estimate of drug-likeness (QED) is 0.640. The van der Waals surface area contributed by atoms with Crippen molar-refractivity contribution in [1.29, 1.82) is 0 Å². The van der Waals surface area contributed by atoms with E-state index in [1.807, 2.05) is 6.92 Å². The number of carbonyl (C=O) groups excluding carboxylic acids is 1. The maximum atomic E-state index is 12.5. The molecule has 0 heterocycles. The standard InChI is InChI=1S/C19H24N2O5S/c1-4-5-12-20-27(23,24)16-9-6-14(7-10-16)21-19(22)17-11-8-15(25-2)13-18(17)26-3/h6-11,13,20H,4-5,12H2,1-3H3,(H,21,22). The van der Waals surface area contributed by atoms with Crippen molar-refractivity contribution in [2.45, 2.75) is 24.7 Å². The van der Waals surface area contributed by atoms with E-state index in [4.69, 9.17) is 9.47 Å². The van der Waals surface area contributed by atoms with Crippen LogP contribution in [-0.2, 0) is 10.0 Å². The zero-order chi connectivity index (χ0) is 19.9. The summed E-state index contributed by atoms with van der Waals surface area (Å²) in [7, 11) is -0.547. The molecule has 0 aliphatic heterocycles. The molecular formula is C19H24N2O5S. The molecule has 0 saturated heterocycles. The Labute approximate surface area is 159 Å². The summed E-state index contributed by atoms with van der Waals surface area (Å²) in [5.74, 6) is 0.589. The summed E-state index contributed by atoms with van der Waals surface area (Å²) in [6, 6.07) is 10.9. The van der Waals surface area contributed by atoms with Gasteiger partial charge in [-0.15, -0.1) is 0 Å². The van der Waals surface area contributed by atoms with Crippen LogP contribution in [0.4, 0.5) is 5.69 Å². The van der Waals surface area contributed by atoms with Crippen molar-refractivity contribution >= 4 is 21.6 Å². The largest absolute Gasteiger partial charge is 0.497 e. The first-order valence-electron chi connectivity index (χ1n) is 8.54. The highest BCUT2D eigenvalue weighted by Gasteiger charge is 2.15. The molecule has 2 aromatic carbocycles. The molecule has 0 radical (unpaired) electrons. The number of carbonyl (C=O) groups is 1. The van der Waals surface area contributed by atoms with Gasteiger partial charge in [-0.25, -0.2) is 13.1 Å². The van der Waals surface area contributed by atoms with Gasteiger partial charge in [0.1, 0.15) is 11.5 Å². The first-order valence-corrected chi connectivity index (χ1v) is 10.0. The van der Waals surface area contributed by atoms with Crippen molar-refractivity contribution in [3.05, 3.63) is 48.0 Å². The molecule has 0 saturated carbocycles. The van der Waals surface area contributed by atoms with Crippen molar-refractivity contribution in [3.8, 4) is 11.5 Å². The number of ether oxygens (including phenoxy) is 2. The summed E-state index contributed by atoms with van der Waals surface area (Å²) in [6.45, 7) is 2.39. The lowest BCUT2D eigenvalue weighted by Gasteiger charge is -2.11. The highest BCUT2D eigenvalue weighted by atomic mass is 32.2. The fourth-order valence-electron chi connectivity index (χ4n) is 2.37. The van der Waals surface area contributed by atoms with E-state index >= 15 is 0 Å². The van der Waals surface area contributed by atoms with Gasteiger partial charge in [-0.05, 0) is 42.8 Å². The van der Waals surface area contributed by atoms with Crippen LogP contribution < -0.4 is 19.5 Å². The third-order valence-electron chi connectivity index (χ3n) is 3.90. The smallest absolute Gasteiger partial charge is 0.259 e. The summed E-state index contributed by atoms with van der Waals surface area (Å²) in [5.41, 5.74) is 0.821. The molecule has 0 aliphatic rings. The van der Waals surface area contributed by atoms with Crippen molar-refractivity contribution < 1.29 is 22.7 Å². The summed E-state index contributed by atoms with van der Waals surface area (Å²) in [4.78, 5) is 12.6. The minimum Gasteiger partial charge on any atom is -0.497 e. The Morgan fingerprint density at radius 1 is 1.04 bits per heavy atom. The van der Waals surface area contributed by atoms with Crippen LogP contribution in [0.5, 0.6) is 11.5 Å². The summed E-state index contributed by atoms with van der Waals surface area (Å²) in [6.07, 6.45) is 1.68. The van der Waals surface area contributed by atoms with Gasteiger partial charge in [0.2, 0.25) is 10.0 Å². The minimum atomic E-state index is -3.54. The molecule has 2 rings (SSSR count). The summed E-state index contributed by atoms with van der Waals surface area (Å²) in [5, 5.41) is 2.73. The molecule has 2 aromatic rings. The Morgan fingerprint density at radius 3 is 2.33 bits per heavy atom. The Kier molecular flexibility index (Phi) is 7.20. The first-order chi connectivity index (χ1) is 12.9. The van der Waals surface area contributed by atoms with Crippen LogP contribution in [-0.4, -0.2) is 35.1 Å². The van der Waals surface area contributed by atoms with Crippen LogP contribution in [0.15, 0.2) is 47.4 Å². The number of amides is 1. The fourth-order valence-corrected chi connectivity index (χ4v) is 3.44. The van der Waals surface area contributed by atoms with Gasteiger partial charge in [0.15, 0.2) is 0 Å². The van der Waals surface area contributed by atoms with Gasteiger partial charge in [0.05, 0.1) is 24.7 Å².